The van der Waals surface area contributed by atoms with E-state index in [4.69, 9.17) is 5.73 Å². The Morgan fingerprint density at radius 2 is 1.86 bits per heavy atom. The third kappa shape index (κ3) is 2.52. The molecule has 0 radical (unpaired) electrons. The monoisotopic (exact) mass is 281 g/mol. The summed E-state index contributed by atoms with van der Waals surface area (Å²) in [6.07, 6.45) is 0. The number of benzene rings is 2. The van der Waals surface area contributed by atoms with Crippen LogP contribution in [0.1, 0.15) is 11.1 Å². The van der Waals surface area contributed by atoms with E-state index in [0.29, 0.717) is 17.1 Å². The normalized spacial score (nSPS) is 10.8. The summed E-state index contributed by atoms with van der Waals surface area (Å²) in [6.45, 7) is 4.06. The minimum atomic E-state index is -0.285. The van der Waals surface area contributed by atoms with Gasteiger partial charge in [-0.2, -0.15) is 5.10 Å². The number of rotatable bonds is 2. The van der Waals surface area contributed by atoms with E-state index in [2.05, 4.69) is 11.2 Å². The Labute approximate surface area is 122 Å². The summed E-state index contributed by atoms with van der Waals surface area (Å²) in [5.41, 5.74) is 10.6. The third-order valence-electron chi connectivity index (χ3n) is 3.44. The van der Waals surface area contributed by atoms with E-state index in [-0.39, 0.29) is 5.82 Å². The Hall–Kier alpha value is -2.62. The molecule has 4 heteroatoms. The summed E-state index contributed by atoms with van der Waals surface area (Å²) >= 11 is 0. The fourth-order valence-corrected chi connectivity index (χ4v) is 2.42. The van der Waals surface area contributed by atoms with Crippen LogP contribution in [0.5, 0.6) is 0 Å². The van der Waals surface area contributed by atoms with E-state index in [1.165, 1.54) is 17.7 Å². The number of halogens is 1. The molecular weight excluding hydrogens is 265 g/mol. The number of hydrogen-bond acceptors (Lipinski definition) is 2. The van der Waals surface area contributed by atoms with Crippen molar-refractivity contribution in [2.45, 2.75) is 13.8 Å². The maximum Gasteiger partial charge on any atom is 0.127 e. The van der Waals surface area contributed by atoms with Gasteiger partial charge in [0.2, 0.25) is 0 Å². The van der Waals surface area contributed by atoms with Crippen molar-refractivity contribution in [3.05, 3.63) is 65.5 Å². The number of nitrogen functional groups attached to an aromatic ring is 1. The van der Waals surface area contributed by atoms with Crippen molar-refractivity contribution in [1.29, 1.82) is 0 Å². The zero-order valence-corrected chi connectivity index (χ0v) is 12.0. The summed E-state index contributed by atoms with van der Waals surface area (Å²) in [5.74, 6) is 0.244. The lowest BCUT2D eigenvalue weighted by atomic mass is 10.1. The molecule has 0 aliphatic rings. The first-order valence-corrected chi connectivity index (χ1v) is 6.74. The van der Waals surface area contributed by atoms with Gasteiger partial charge >= 0.3 is 0 Å². The Morgan fingerprint density at radius 3 is 2.57 bits per heavy atom. The first-order valence-electron chi connectivity index (χ1n) is 6.74. The highest BCUT2D eigenvalue weighted by Gasteiger charge is 2.11. The zero-order valence-electron chi connectivity index (χ0n) is 12.0. The number of aryl methyl sites for hydroxylation is 2. The predicted molar refractivity (Wildman–Crippen MR) is 82.8 cm³/mol. The van der Waals surface area contributed by atoms with Crippen molar-refractivity contribution in [2.24, 2.45) is 0 Å². The predicted octanol–water partition coefficient (Wildman–Crippen LogP) is 3.88. The molecule has 0 saturated carbocycles. The average molecular weight is 281 g/mol. The van der Waals surface area contributed by atoms with Gasteiger partial charge in [-0.3, -0.25) is 0 Å². The molecule has 3 aromatic rings. The fraction of sp³-hybridized carbons (Fsp3) is 0.118. The molecule has 3 rings (SSSR count). The topological polar surface area (TPSA) is 43.8 Å². The van der Waals surface area contributed by atoms with E-state index in [9.17, 15) is 4.39 Å². The lowest BCUT2D eigenvalue weighted by Crippen LogP contribution is -2.03. The molecule has 0 saturated heterocycles. The summed E-state index contributed by atoms with van der Waals surface area (Å²) in [7, 11) is 0. The van der Waals surface area contributed by atoms with Gasteiger partial charge in [-0.15, -0.1) is 0 Å². The van der Waals surface area contributed by atoms with Crippen LogP contribution >= 0.6 is 0 Å². The SMILES string of the molecule is Cc1ccc(-n2nc(-c3cccc(F)c3)cc2N)c(C)c1. The Balaban J connectivity index is 2.10. The van der Waals surface area contributed by atoms with Crippen LogP contribution in [0.3, 0.4) is 0 Å². The second kappa shape index (κ2) is 5.05. The van der Waals surface area contributed by atoms with Gasteiger partial charge in [-0.25, -0.2) is 9.07 Å². The number of nitrogens with zero attached hydrogens (tertiary/aromatic N) is 2. The standard InChI is InChI=1S/C17H16FN3/c1-11-6-7-16(12(2)8-11)21-17(19)10-15(20-21)13-4-3-5-14(18)9-13/h3-10H,19H2,1-2H3. The first kappa shape index (κ1) is 13.4. The van der Waals surface area contributed by atoms with Gasteiger partial charge in [0.1, 0.15) is 11.6 Å². The molecule has 2 N–H and O–H groups in total. The van der Waals surface area contributed by atoms with Crippen LogP contribution in [-0.4, -0.2) is 9.78 Å². The van der Waals surface area contributed by atoms with Crippen molar-refractivity contribution in [2.75, 3.05) is 5.73 Å². The molecule has 0 amide bonds. The van der Waals surface area contributed by atoms with Crippen molar-refractivity contribution in [3.63, 3.8) is 0 Å². The lowest BCUT2D eigenvalue weighted by molar-refractivity contribution is 0.628. The number of hydrogen-bond donors (Lipinski definition) is 1. The van der Waals surface area contributed by atoms with Gasteiger partial charge in [0.05, 0.1) is 11.4 Å². The largest absolute Gasteiger partial charge is 0.384 e. The second-order valence-corrected chi connectivity index (χ2v) is 5.17. The Morgan fingerprint density at radius 1 is 1.05 bits per heavy atom. The van der Waals surface area contributed by atoms with Crippen LogP contribution in [0.2, 0.25) is 0 Å². The van der Waals surface area contributed by atoms with Crippen LogP contribution in [-0.2, 0) is 0 Å². The smallest absolute Gasteiger partial charge is 0.127 e. The molecule has 0 unspecified atom stereocenters. The first-order chi connectivity index (χ1) is 10.0. The molecule has 3 nitrogen and oxygen atoms in total. The molecule has 106 valence electrons. The second-order valence-electron chi connectivity index (χ2n) is 5.17. The van der Waals surface area contributed by atoms with Crippen molar-refractivity contribution < 1.29 is 4.39 Å². The van der Waals surface area contributed by atoms with Crippen LogP contribution in [0.25, 0.3) is 16.9 Å². The lowest BCUT2D eigenvalue weighted by Gasteiger charge is -2.08. The summed E-state index contributed by atoms with van der Waals surface area (Å²) in [6, 6.07) is 14.2. The highest BCUT2D eigenvalue weighted by molar-refractivity contribution is 5.64. The molecule has 0 atom stereocenters. The van der Waals surface area contributed by atoms with E-state index in [1.54, 1.807) is 16.8 Å². The van der Waals surface area contributed by atoms with Crippen molar-refractivity contribution in [1.82, 2.24) is 9.78 Å². The van der Waals surface area contributed by atoms with Crippen LogP contribution in [0.4, 0.5) is 10.2 Å². The van der Waals surface area contributed by atoms with Crippen LogP contribution in [0.15, 0.2) is 48.5 Å². The van der Waals surface area contributed by atoms with Gasteiger partial charge in [-0.1, -0.05) is 29.8 Å². The molecule has 0 bridgehead atoms. The molecule has 0 aliphatic carbocycles. The Bertz CT molecular complexity index is 806. The van der Waals surface area contributed by atoms with Gasteiger partial charge in [0.25, 0.3) is 0 Å². The van der Waals surface area contributed by atoms with Crippen LogP contribution in [0, 0.1) is 19.7 Å². The van der Waals surface area contributed by atoms with Crippen molar-refractivity contribution >= 4 is 5.82 Å². The van der Waals surface area contributed by atoms with Gasteiger partial charge in [-0.05, 0) is 37.6 Å². The fourth-order valence-electron chi connectivity index (χ4n) is 2.42. The average Bonchev–Trinajstić information content (AvgIpc) is 2.81. The quantitative estimate of drug-likeness (QED) is 0.774. The number of anilines is 1. The molecule has 1 aromatic heterocycles. The highest BCUT2D eigenvalue weighted by atomic mass is 19.1. The molecule has 0 aliphatic heterocycles. The van der Waals surface area contributed by atoms with E-state index in [0.717, 1.165) is 11.3 Å². The highest BCUT2D eigenvalue weighted by Crippen LogP contribution is 2.25. The minimum absolute atomic E-state index is 0.285. The van der Waals surface area contributed by atoms with Crippen LogP contribution < -0.4 is 5.73 Å². The van der Waals surface area contributed by atoms with Gasteiger partial charge in [0.15, 0.2) is 0 Å². The minimum Gasteiger partial charge on any atom is -0.384 e. The zero-order chi connectivity index (χ0) is 15.0. The maximum atomic E-state index is 13.3. The maximum absolute atomic E-state index is 13.3. The third-order valence-corrected chi connectivity index (χ3v) is 3.44. The summed E-state index contributed by atoms with van der Waals surface area (Å²) in [5, 5.41) is 4.51. The molecule has 0 fully saturated rings. The van der Waals surface area contributed by atoms with E-state index >= 15 is 0 Å². The van der Waals surface area contributed by atoms with Gasteiger partial charge < -0.3 is 5.73 Å². The van der Waals surface area contributed by atoms with E-state index in [1.807, 2.05) is 32.0 Å². The van der Waals surface area contributed by atoms with E-state index < -0.39 is 0 Å². The molecular formula is C17H16FN3. The summed E-state index contributed by atoms with van der Waals surface area (Å²) in [4.78, 5) is 0. The molecule has 1 heterocycles. The molecule has 2 aromatic carbocycles. The van der Waals surface area contributed by atoms with Crippen molar-refractivity contribution in [3.8, 4) is 16.9 Å². The number of aromatic nitrogens is 2. The van der Waals surface area contributed by atoms with Gasteiger partial charge in [0, 0.05) is 11.6 Å². The molecule has 21 heavy (non-hydrogen) atoms. The molecule has 0 spiro atoms. The Kier molecular flexibility index (Phi) is 3.22. The number of nitrogens with two attached hydrogens (primary N) is 1. The summed E-state index contributed by atoms with van der Waals surface area (Å²) < 4.78 is 15.0.